The molecule has 1 rings (SSSR count). The highest BCUT2D eigenvalue weighted by atomic mass is 32.2. The van der Waals surface area contributed by atoms with Crippen LogP contribution >= 0.6 is 11.8 Å². The number of hydrogen-bond acceptors (Lipinski definition) is 5. The molecule has 15 heavy (non-hydrogen) atoms. The minimum atomic E-state index is -0.400. The van der Waals surface area contributed by atoms with E-state index in [1.54, 1.807) is 11.8 Å². The minimum absolute atomic E-state index is 0.279. The highest BCUT2D eigenvalue weighted by Crippen LogP contribution is 2.19. The van der Waals surface area contributed by atoms with Crippen LogP contribution in [-0.2, 0) is 5.75 Å². The fourth-order valence-corrected chi connectivity index (χ4v) is 1.82. The Labute approximate surface area is 92.5 Å². The minimum Gasteiger partial charge on any atom is -0.455 e. The largest absolute Gasteiger partial charge is 0.455 e. The Morgan fingerprint density at radius 3 is 3.00 bits per heavy atom. The second-order valence-electron chi connectivity index (χ2n) is 3.04. The van der Waals surface area contributed by atoms with Crippen molar-refractivity contribution in [1.29, 1.82) is 0 Å². The average molecular weight is 229 g/mol. The molecule has 1 heterocycles. The molecule has 1 aromatic rings. The van der Waals surface area contributed by atoms with Gasteiger partial charge in [0, 0.05) is 17.9 Å². The summed E-state index contributed by atoms with van der Waals surface area (Å²) < 4.78 is 5.36. The number of nitrogens with two attached hydrogens (primary N) is 2. The van der Waals surface area contributed by atoms with E-state index in [2.05, 4.69) is 0 Å². The topological polar surface area (TPSA) is 94.3 Å². The van der Waals surface area contributed by atoms with Crippen molar-refractivity contribution < 1.29 is 9.21 Å². The highest BCUT2D eigenvalue weighted by molar-refractivity contribution is 7.98. The third kappa shape index (κ3) is 3.26. The summed E-state index contributed by atoms with van der Waals surface area (Å²) in [5, 5.41) is 0. The van der Waals surface area contributed by atoms with Gasteiger partial charge in [0.25, 0.3) is 0 Å². The molecule has 6 heteroatoms. The lowest BCUT2D eigenvalue weighted by Crippen LogP contribution is -2.30. The zero-order chi connectivity index (χ0) is 11.3. The first-order valence-electron chi connectivity index (χ1n) is 4.57. The van der Waals surface area contributed by atoms with Crippen LogP contribution in [0.25, 0.3) is 0 Å². The molecular weight excluding hydrogens is 214 g/mol. The summed E-state index contributed by atoms with van der Waals surface area (Å²) in [5.74, 6) is 7.26. The van der Waals surface area contributed by atoms with Crippen LogP contribution in [0.5, 0.6) is 0 Å². The molecule has 0 aliphatic carbocycles. The molecule has 1 amide bonds. The van der Waals surface area contributed by atoms with E-state index in [9.17, 15) is 4.79 Å². The van der Waals surface area contributed by atoms with Crippen molar-refractivity contribution >= 4 is 17.7 Å². The van der Waals surface area contributed by atoms with Crippen molar-refractivity contribution in [2.24, 2.45) is 11.6 Å². The van der Waals surface area contributed by atoms with E-state index < -0.39 is 5.91 Å². The summed E-state index contributed by atoms with van der Waals surface area (Å²) in [7, 11) is 0. The third-order valence-corrected chi connectivity index (χ3v) is 2.83. The van der Waals surface area contributed by atoms with Gasteiger partial charge in [0.2, 0.25) is 0 Å². The van der Waals surface area contributed by atoms with Gasteiger partial charge in [-0.15, -0.1) is 0 Å². The van der Waals surface area contributed by atoms with Crippen molar-refractivity contribution in [1.82, 2.24) is 5.43 Å². The molecule has 0 bridgehead atoms. The second kappa shape index (κ2) is 5.79. The van der Waals surface area contributed by atoms with Crippen LogP contribution in [0.15, 0.2) is 10.5 Å². The van der Waals surface area contributed by atoms with Crippen molar-refractivity contribution in [3.63, 3.8) is 0 Å². The zero-order valence-electron chi connectivity index (χ0n) is 8.58. The predicted molar refractivity (Wildman–Crippen MR) is 60.3 cm³/mol. The second-order valence-corrected chi connectivity index (χ2v) is 4.14. The number of hydrogen-bond donors (Lipinski definition) is 3. The Morgan fingerprint density at radius 2 is 2.40 bits per heavy atom. The molecule has 0 aliphatic rings. The number of amides is 1. The van der Waals surface area contributed by atoms with E-state index in [-0.39, 0.29) is 5.76 Å². The van der Waals surface area contributed by atoms with Gasteiger partial charge in [-0.05, 0) is 13.0 Å². The number of thioether (sulfide) groups is 1. The predicted octanol–water partition coefficient (Wildman–Crippen LogP) is 0.383. The van der Waals surface area contributed by atoms with Crippen molar-refractivity contribution in [2.45, 2.75) is 12.7 Å². The summed E-state index contributed by atoms with van der Waals surface area (Å²) in [5.41, 5.74) is 8.20. The Bertz CT molecular complexity index is 338. The maximum Gasteiger partial charge on any atom is 0.301 e. The van der Waals surface area contributed by atoms with E-state index in [1.165, 1.54) is 0 Å². The lowest BCUT2D eigenvalue weighted by molar-refractivity contribution is 0.0923. The van der Waals surface area contributed by atoms with E-state index in [4.69, 9.17) is 16.0 Å². The number of furan rings is 1. The molecular formula is C9H15N3O2S. The van der Waals surface area contributed by atoms with Crippen LogP contribution in [0, 0.1) is 6.92 Å². The van der Waals surface area contributed by atoms with Gasteiger partial charge in [-0.2, -0.15) is 11.8 Å². The summed E-state index contributed by atoms with van der Waals surface area (Å²) in [6.45, 7) is 2.45. The van der Waals surface area contributed by atoms with E-state index in [0.717, 1.165) is 22.8 Å². The molecule has 5 N–H and O–H groups in total. The number of carbonyl (C=O) groups is 1. The van der Waals surface area contributed by atoms with Gasteiger partial charge in [-0.25, -0.2) is 5.84 Å². The first kappa shape index (κ1) is 12.1. The molecule has 0 radical (unpaired) electrons. The van der Waals surface area contributed by atoms with Gasteiger partial charge < -0.3 is 10.2 Å². The molecule has 0 saturated carbocycles. The lowest BCUT2D eigenvalue weighted by Gasteiger charge is -1.96. The molecule has 84 valence electrons. The average Bonchev–Trinajstić information content (AvgIpc) is 2.59. The van der Waals surface area contributed by atoms with Gasteiger partial charge >= 0.3 is 5.91 Å². The van der Waals surface area contributed by atoms with Crippen molar-refractivity contribution in [2.75, 3.05) is 12.3 Å². The SMILES string of the molecule is Cc1cc(CSCCN)oc1C(=O)NN. The van der Waals surface area contributed by atoms with Gasteiger partial charge in [-0.3, -0.25) is 10.2 Å². The van der Waals surface area contributed by atoms with Crippen LogP contribution in [-0.4, -0.2) is 18.2 Å². The maximum absolute atomic E-state index is 11.2. The van der Waals surface area contributed by atoms with Crippen LogP contribution < -0.4 is 17.0 Å². The normalized spacial score (nSPS) is 10.3. The number of hydrazine groups is 1. The first-order valence-corrected chi connectivity index (χ1v) is 5.72. The number of nitrogens with one attached hydrogen (secondary N) is 1. The van der Waals surface area contributed by atoms with E-state index in [1.807, 2.05) is 18.4 Å². The monoisotopic (exact) mass is 229 g/mol. The van der Waals surface area contributed by atoms with Crippen LogP contribution in [0.4, 0.5) is 0 Å². The molecule has 1 aromatic heterocycles. The number of carbonyl (C=O) groups excluding carboxylic acids is 1. The van der Waals surface area contributed by atoms with E-state index >= 15 is 0 Å². The molecule has 0 unspecified atom stereocenters. The van der Waals surface area contributed by atoms with Crippen LogP contribution in [0.2, 0.25) is 0 Å². The van der Waals surface area contributed by atoms with Gasteiger partial charge in [-0.1, -0.05) is 0 Å². The van der Waals surface area contributed by atoms with Crippen molar-refractivity contribution in [3.8, 4) is 0 Å². The standard InChI is InChI=1S/C9H15N3O2S/c1-6-4-7(5-15-3-2-10)14-8(6)9(13)12-11/h4H,2-3,5,10-11H2,1H3,(H,12,13). The zero-order valence-corrected chi connectivity index (χ0v) is 9.39. The summed E-state index contributed by atoms with van der Waals surface area (Å²) >= 11 is 1.67. The first-order chi connectivity index (χ1) is 7.19. The number of rotatable bonds is 5. The van der Waals surface area contributed by atoms with Gasteiger partial charge in [0.15, 0.2) is 5.76 Å². The molecule has 0 spiro atoms. The lowest BCUT2D eigenvalue weighted by atomic mass is 10.2. The molecule has 0 aliphatic heterocycles. The fraction of sp³-hybridized carbons (Fsp3) is 0.444. The third-order valence-electron chi connectivity index (χ3n) is 1.81. The van der Waals surface area contributed by atoms with Gasteiger partial charge in [0.05, 0.1) is 5.75 Å². The molecule has 0 atom stereocenters. The molecule has 0 aromatic carbocycles. The van der Waals surface area contributed by atoms with Crippen molar-refractivity contribution in [3.05, 3.63) is 23.2 Å². The Balaban J connectivity index is 2.64. The molecule has 0 fully saturated rings. The number of aryl methyl sites for hydroxylation is 1. The highest BCUT2D eigenvalue weighted by Gasteiger charge is 2.14. The van der Waals surface area contributed by atoms with Crippen LogP contribution in [0.3, 0.4) is 0 Å². The Morgan fingerprint density at radius 1 is 1.67 bits per heavy atom. The molecule has 0 saturated heterocycles. The maximum atomic E-state index is 11.2. The number of nitrogen functional groups attached to an aromatic ring is 1. The Kier molecular flexibility index (Phi) is 4.67. The van der Waals surface area contributed by atoms with Crippen LogP contribution in [0.1, 0.15) is 21.9 Å². The smallest absolute Gasteiger partial charge is 0.301 e. The molecule has 5 nitrogen and oxygen atoms in total. The Hall–Kier alpha value is -0.980. The summed E-state index contributed by atoms with van der Waals surface area (Å²) in [6.07, 6.45) is 0. The fourth-order valence-electron chi connectivity index (χ4n) is 1.17. The quantitative estimate of drug-likeness (QED) is 0.294. The summed E-state index contributed by atoms with van der Waals surface area (Å²) in [4.78, 5) is 11.2. The van der Waals surface area contributed by atoms with Gasteiger partial charge in [0.1, 0.15) is 5.76 Å². The summed E-state index contributed by atoms with van der Waals surface area (Å²) in [6, 6.07) is 1.84. The van der Waals surface area contributed by atoms with E-state index in [0.29, 0.717) is 6.54 Å².